The third-order valence-electron chi connectivity index (χ3n) is 4.48. The molecule has 154 valence electrons. The number of furan rings is 1. The van der Waals surface area contributed by atoms with E-state index in [1.54, 1.807) is 17.3 Å². The topological polar surface area (TPSA) is 104 Å². The van der Waals surface area contributed by atoms with Crippen molar-refractivity contribution in [3.05, 3.63) is 66.9 Å². The van der Waals surface area contributed by atoms with Crippen LogP contribution in [0.15, 0.2) is 71.0 Å². The second-order valence-electron chi connectivity index (χ2n) is 6.46. The summed E-state index contributed by atoms with van der Waals surface area (Å²) >= 11 is 1.34. The lowest BCUT2D eigenvalue weighted by Gasteiger charge is -2.19. The van der Waals surface area contributed by atoms with Crippen LogP contribution >= 0.6 is 11.8 Å². The molecule has 1 atom stereocenters. The smallest absolute Gasteiger partial charge is 0.231 e. The van der Waals surface area contributed by atoms with Crippen LogP contribution in [0.1, 0.15) is 18.5 Å². The molecule has 0 aliphatic rings. The molecule has 0 spiro atoms. The second-order valence-corrected chi connectivity index (χ2v) is 7.41. The zero-order chi connectivity index (χ0) is 20.8. The number of aromatic nitrogens is 6. The number of hydrogen-bond acceptors (Lipinski definition) is 7. The van der Waals surface area contributed by atoms with E-state index in [1.165, 1.54) is 18.1 Å². The molecule has 4 rings (SSSR count). The van der Waals surface area contributed by atoms with E-state index in [9.17, 15) is 4.79 Å². The normalized spacial score (nSPS) is 12.0. The van der Waals surface area contributed by atoms with Crippen molar-refractivity contribution < 1.29 is 9.21 Å². The Kier molecular flexibility index (Phi) is 6.23. The molecular weight excluding hydrogens is 402 g/mol. The Labute approximate surface area is 177 Å². The highest BCUT2D eigenvalue weighted by Gasteiger charge is 2.19. The lowest BCUT2D eigenvalue weighted by atomic mass is 10.1. The van der Waals surface area contributed by atoms with Gasteiger partial charge >= 0.3 is 0 Å². The van der Waals surface area contributed by atoms with Crippen molar-refractivity contribution in [1.82, 2.24) is 34.8 Å². The minimum Gasteiger partial charge on any atom is -0.461 e. The maximum Gasteiger partial charge on any atom is 0.231 e. The average Bonchev–Trinajstić information content (AvgIpc) is 3.53. The van der Waals surface area contributed by atoms with Crippen molar-refractivity contribution >= 4 is 17.7 Å². The number of amides is 1. The maximum absolute atomic E-state index is 12.7. The lowest BCUT2D eigenvalue weighted by molar-refractivity contribution is -0.119. The molecule has 1 N–H and O–H groups in total. The van der Waals surface area contributed by atoms with E-state index >= 15 is 0 Å². The molecule has 0 fully saturated rings. The molecule has 10 heteroatoms. The van der Waals surface area contributed by atoms with Gasteiger partial charge in [0.1, 0.15) is 12.7 Å². The van der Waals surface area contributed by atoms with E-state index in [0.717, 1.165) is 5.56 Å². The van der Waals surface area contributed by atoms with Crippen LogP contribution < -0.4 is 5.32 Å². The van der Waals surface area contributed by atoms with E-state index in [0.29, 0.717) is 29.8 Å². The summed E-state index contributed by atoms with van der Waals surface area (Å²) in [7, 11) is 0. The fourth-order valence-electron chi connectivity index (χ4n) is 3.07. The zero-order valence-electron chi connectivity index (χ0n) is 16.4. The molecule has 3 aromatic heterocycles. The number of nitrogens with zero attached hydrogens (tertiary/aromatic N) is 6. The highest BCUT2D eigenvalue weighted by molar-refractivity contribution is 7.99. The summed E-state index contributed by atoms with van der Waals surface area (Å²) < 4.78 is 9.06. The molecule has 0 aliphatic heterocycles. The van der Waals surface area contributed by atoms with Gasteiger partial charge in [0.25, 0.3) is 0 Å². The minimum atomic E-state index is -0.219. The summed E-state index contributed by atoms with van der Waals surface area (Å²) in [6, 6.07) is 13.2. The molecule has 0 saturated heterocycles. The third-order valence-corrected chi connectivity index (χ3v) is 5.45. The minimum absolute atomic E-state index is 0.0980. The SMILES string of the molecule is CCn1c(SCC(=O)NC(Cn2cncn2)c2ccccc2)nnc1-c1ccco1. The zero-order valence-corrected chi connectivity index (χ0v) is 17.2. The van der Waals surface area contributed by atoms with Gasteiger partial charge in [0, 0.05) is 6.54 Å². The fourth-order valence-corrected chi connectivity index (χ4v) is 3.88. The summed E-state index contributed by atoms with van der Waals surface area (Å²) in [5, 5.41) is 16.4. The Bertz CT molecular complexity index is 1060. The predicted molar refractivity (Wildman–Crippen MR) is 111 cm³/mol. The van der Waals surface area contributed by atoms with Crippen molar-refractivity contribution in [3.8, 4) is 11.6 Å². The largest absolute Gasteiger partial charge is 0.461 e. The molecule has 1 aromatic carbocycles. The van der Waals surface area contributed by atoms with Crippen LogP contribution in [-0.2, 0) is 17.9 Å². The molecule has 1 unspecified atom stereocenters. The van der Waals surface area contributed by atoms with Gasteiger partial charge in [0.05, 0.1) is 24.6 Å². The number of hydrogen-bond donors (Lipinski definition) is 1. The van der Waals surface area contributed by atoms with Gasteiger partial charge in [0.2, 0.25) is 5.91 Å². The lowest BCUT2D eigenvalue weighted by Crippen LogP contribution is -2.32. The van der Waals surface area contributed by atoms with E-state index in [1.807, 2.05) is 54.0 Å². The van der Waals surface area contributed by atoms with Crippen LogP contribution in [0.4, 0.5) is 0 Å². The van der Waals surface area contributed by atoms with Crippen LogP contribution in [0.5, 0.6) is 0 Å². The van der Waals surface area contributed by atoms with Gasteiger partial charge in [-0.2, -0.15) is 5.10 Å². The number of rotatable bonds is 9. The van der Waals surface area contributed by atoms with Crippen LogP contribution in [0.2, 0.25) is 0 Å². The predicted octanol–water partition coefficient (Wildman–Crippen LogP) is 2.80. The molecule has 0 bridgehead atoms. The van der Waals surface area contributed by atoms with Crippen molar-refractivity contribution in [1.29, 1.82) is 0 Å². The van der Waals surface area contributed by atoms with Gasteiger partial charge in [-0.3, -0.25) is 14.0 Å². The maximum atomic E-state index is 12.7. The average molecular weight is 424 g/mol. The Balaban J connectivity index is 1.43. The first-order valence-electron chi connectivity index (χ1n) is 9.51. The first-order chi connectivity index (χ1) is 14.7. The molecule has 0 aliphatic carbocycles. The van der Waals surface area contributed by atoms with Crippen molar-refractivity contribution in [2.45, 2.75) is 31.2 Å². The van der Waals surface area contributed by atoms with Gasteiger partial charge in [0.15, 0.2) is 16.7 Å². The fraction of sp³-hybridized carbons (Fsp3) is 0.250. The Morgan fingerprint density at radius 3 is 2.77 bits per heavy atom. The highest BCUT2D eigenvalue weighted by atomic mass is 32.2. The van der Waals surface area contributed by atoms with Gasteiger partial charge in [-0.15, -0.1) is 10.2 Å². The van der Waals surface area contributed by atoms with E-state index in [-0.39, 0.29) is 17.7 Å². The highest BCUT2D eigenvalue weighted by Crippen LogP contribution is 2.24. The van der Waals surface area contributed by atoms with Crippen LogP contribution in [-0.4, -0.2) is 41.2 Å². The number of benzene rings is 1. The monoisotopic (exact) mass is 423 g/mol. The Morgan fingerprint density at radius 2 is 2.07 bits per heavy atom. The number of carbonyl (C=O) groups is 1. The van der Waals surface area contributed by atoms with Crippen molar-refractivity contribution in [2.75, 3.05) is 5.75 Å². The molecule has 1 amide bonds. The first kappa shape index (κ1) is 19.9. The van der Waals surface area contributed by atoms with E-state index < -0.39 is 0 Å². The van der Waals surface area contributed by atoms with E-state index in [2.05, 4.69) is 25.6 Å². The summed E-state index contributed by atoms with van der Waals surface area (Å²) in [4.78, 5) is 16.7. The molecule has 9 nitrogen and oxygen atoms in total. The number of carbonyl (C=O) groups excluding carboxylic acids is 1. The van der Waals surface area contributed by atoms with Crippen molar-refractivity contribution in [3.63, 3.8) is 0 Å². The van der Waals surface area contributed by atoms with Crippen molar-refractivity contribution in [2.24, 2.45) is 0 Å². The number of nitrogens with one attached hydrogen (secondary N) is 1. The Morgan fingerprint density at radius 1 is 1.20 bits per heavy atom. The molecule has 30 heavy (non-hydrogen) atoms. The molecule has 3 heterocycles. The van der Waals surface area contributed by atoms with Gasteiger partial charge in [-0.05, 0) is 24.6 Å². The molecule has 4 aromatic rings. The van der Waals surface area contributed by atoms with Gasteiger partial charge < -0.3 is 9.73 Å². The molecule has 0 radical (unpaired) electrons. The molecule has 0 saturated carbocycles. The third kappa shape index (κ3) is 4.60. The number of thioether (sulfide) groups is 1. The summed E-state index contributed by atoms with van der Waals surface area (Å²) in [6.07, 6.45) is 4.72. The summed E-state index contributed by atoms with van der Waals surface area (Å²) in [5.74, 6) is 1.42. The van der Waals surface area contributed by atoms with Crippen LogP contribution in [0.3, 0.4) is 0 Å². The molecular formula is C20H21N7O2S. The summed E-state index contributed by atoms with van der Waals surface area (Å²) in [6.45, 7) is 3.17. The Hall–Kier alpha value is -3.40. The summed E-state index contributed by atoms with van der Waals surface area (Å²) in [5.41, 5.74) is 1.00. The van der Waals surface area contributed by atoms with Crippen LogP contribution in [0.25, 0.3) is 11.6 Å². The van der Waals surface area contributed by atoms with Gasteiger partial charge in [-0.25, -0.2) is 4.98 Å². The van der Waals surface area contributed by atoms with Crippen LogP contribution in [0, 0.1) is 0 Å². The first-order valence-corrected chi connectivity index (χ1v) is 10.5. The second kappa shape index (κ2) is 9.40. The quantitative estimate of drug-likeness (QED) is 0.413. The van der Waals surface area contributed by atoms with E-state index in [4.69, 9.17) is 4.42 Å². The van der Waals surface area contributed by atoms with Gasteiger partial charge in [-0.1, -0.05) is 42.1 Å². The standard InChI is InChI=1S/C20H21N7O2S/c1-2-27-19(17-9-6-10-29-17)24-25-20(27)30-12-18(28)23-16(11-26-14-21-13-22-26)15-7-4-3-5-8-15/h3-10,13-14,16H,2,11-12H2,1H3,(H,23,28).